The van der Waals surface area contributed by atoms with E-state index in [-0.39, 0.29) is 16.8 Å². The lowest BCUT2D eigenvalue weighted by atomic mass is 10.1. The molecular weight excluding hydrogens is 296 g/mol. The van der Waals surface area contributed by atoms with E-state index in [4.69, 9.17) is 9.16 Å². The molecular formula is C17H28O4Si. The summed E-state index contributed by atoms with van der Waals surface area (Å²) in [7, 11) is -2.07. The highest BCUT2D eigenvalue weighted by molar-refractivity contribution is 6.74. The predicted molar refractivity (Wildman–Crippen MR) is 90.5 cm³/mol. The van der Waals surface area contributed by atoms with Crippen molar-refractivity contribution in [2.24, 2.45) is 0 Å². The summed E-state index contributed by atoms with van der Waals surface area (Å²) in [5.41, 5.74) is 0.939. The number of rotatable bonds is 6. The Morgan fingerprint density at radius 3 is 2.23 bits per heavy atom. The molecule has 0 spiro atoms. The summed E-state index contributed by atoms with van der Waals surface area (Å²) < 4.78 is 11.4. The minimum Gasteiger partial charge on any atom is -0.508 e. The van der Waals surface area contributed by atoms with Crippen molar-refractivity contribution in [2.45, 2.75) is 58.4 Å². The Balaban J connectivity index is 2.93. The fourth-order valence-corrected chi connectivity index (χ4v) is 3.03. The first-order valence-corrected chi connectivity index (χ1v) is 10.6. The van der Waals surface area contributed by atoms with E-state index in [0.29, 0.717) is 13.0 Å². The van der Waals surface area contributed by atoms with E-state index >= 15 is 0 Å². The molecule has 0 fully saturated rings. The number of benzene rings is 1. The van der Waals surface area contributed by atoms with Gasteiger partial charge < -0.3 is 14.3 Å². The second-order valence-electron chi connectivity index (χ2n) is 6.99. The van der Waals surface area contributed by atoms with Gasteiger partial charge in [0.2, 0.25) is 0 Å². The van der Waals surface area contributed by atoms with Gasteiger partial charge in [-0.25, -0.2) is 4.79 Å². The van der Waals surface area contributed by atoms with Crippen molar-refractivity contribution < 1.29 is 19.1 Å². The van der Waals surface area contributed by atoms with Crippen molar-refractivity contribution in [3.63, 3.8) is 0 Å². The maximum Gasteiger partial charge on any atom is 0.334 e. The van der Waals surface area contributed by atoms with Crippen LogP contribution in [0.4, 0.5) is 0 Å². The molecule has 0 heterocycles. The molecule has 0 bridgehead atoms. The molecule has 0 aliphatic rings. The Morgan fingerprint density at radius 1 is 1.23 bits per heavy atom. The van der Waals surface area contributed by atoms with Crippen LogP contribution in [0.3, 0.4) is 0 Å². The molecule has 1 unspecified atom stereocenters. The number of phenols is 1. The lowest BCUT2D eigenvalue weighted by Crippen LogP contribution is -2.47. The van der Waals surface area contributed by atoms with E-state index < -0.39 is 14.4 Å². The molecule has 1 rings (SSSR count). The molecule has 0 amide bonds. The molecule has 0 saturated carbocycles. The average Bonchev–Trinajstić information content (AvgIpc) is 2.39. The van der Waals surface area contributed by atoms with Crippen LogP contribution in [0, 0.1) is 0 Å². The minimum absolute atomic E-state index is 0.0205. The summed E-state index contributed by atoms with van der Waals surface area (Å²) in [6.45, 7) is 12.8. The highest BCUT2D eigenvalue weighted by atomic mass is 28.4. The van der Waals surface area contributed by atoms with Crippen molar-refractivity contribution in [1.82, 2.24) is 0 Å². The van der Waals surface area contributed by atoms with Gasteiger partial charge in [-0.2, -0.15) is 0 Å². The Labute approximate surface area is 134 Å². The lowest BCUT2D eigenvalue weighted by molar-refractivity contribution is -0.152. The second-order valence-corrected chi connectivity index (χ2v) is 11.7. The number of carbonyl (C=O) groups is 1. The van der Waals surface area contributed by atoms with Gasteiger partial charge in [-0.3, -0.25) is 0 Å². The highest BCUT2D eigenvalue weighted by Crippen LogP contribution is 2.37. The van der Waals surface area contributed by atoms with Gasteiger partial charge in [0.1, 0.15) is 11.9 Å². The number of aromatic hydroxyl groups is 1. The quantitative estimate of drug-likeness (QED) is 0.637. The zero-order valence-electron chi connectivity index (χ0n) is 14.5. The number of hydrogen-bond acceptors (Lipinski definition) is 4. The number of phenolic OH excluding ortho intramolecular Hbond substituents is 1. The van der Waals surface area contributed by atoms with Crippen LogP contribution in [-0.4, -0.2) is 32.1 Å². The molecule has 1 atom stereocenters. The van der Waals surface area contributed by atoms with Crippen LogP contribution in [0.15, 0.2) is 24.3 Å². The highest BCUT2D eigenvalue weighted by Gasteiger charge is 2.41. The Kier molecular flexibility index (Phi) is 6.20. The number of hydrogen-bond donors (Lipinski definition) is 1. The summed E-state index contributed by atoms with van der Waals surface area (Å²) in [5.74, 6) is -0.109. The monoisotopic (exact) mass is 324 g/mol. The first-order valence-electron chi connectivity index (χ1n) is 7.69. The summed E-state index contributed by atoms with van der Waals surface area (Å²) in [6.07, 6.45) is -0.156. The van der Waals surface area contributed by atoms with Crippen molar-refractivity contribution in [2.75, 3.05) is 6.61 Å². The first-order chi connectivity index (χ1) is 10.1. The molecule has 0 radical (unpaired) electrons. The van der Waals surface area contributed by atoms with Gasteiger partial charge >= 0.3 is 5.97 Å². The van der Waals surface area contributed by atoms with E-state index in [1.165, 1.54) is 0 Å². The molecule has 0 aromatic heterocycles. The molecule has 0 saturated heterocycles. The Morgan fingerprint density at radius 2 is 1.77 bits per heavy atom. The number of ether oxygens (including phenoxy) is 1. The van der Waals surface area contributed by atoms with Crippen LogP contribution in [0.1, 0.15) is 33.3 Å². The average molecular weight is 324 g/mol. The van der Waals surface area contributed by atoms with Gasteiger partial charge in [0.25, 0.3) is 0 Å². The molecule has 0 aliphatic carbocycles. The van der Waals surface area contributed by atoms with Crippen LogP contribution in [-0.2, 0) is 20.4 Å². The fourth-order valence-electron chi connectivity index (χ4n) is 1.79. The van der Waals surface area contributed by atoms with Gasteiger partial charge in [0, 0.05) is 6.42 Å². The van der Waals surface area contributed by atoms with Crippen molar-refractivity contribution in [1.29, 1.82) is 0 Å². The van der Waals surface area contributed by atoms with Crippen molar-refractivity contribution in [3.8, 4) is 5.75 Å². The third-order valence-electron chi connectivity index (χ3n) is 4.15. The molecule has 0 aliphatic heterocycles. The van der Waals surface area contributed by atoms with Gasteiger partial charge in [-0.1, -0.05) is 32.9 Å². The third-order valence-corrected chi connectivity index (χ3v) is 8.64. The normalized spacial score (nSPS) is 13.7. The zero-order chi connectivity index (χ0) is 17.0. The molecule has 124 valence electrons. The predicted octanol–water partition coefficient (Wildman–Crippen LogP) is 3.89. The van der Waals surface area contributed by atoms with Crippen LogP contribution < -0.4 is 0 Å². The minimum atomic E-state index is -2.07. The van der Waals surface area contributed by atoms with Crippen molar-refractivity contribution >= 4 is 14.3 Å². The summed E-state index contributed by atoms with van der Waals surface area (Å²) >= 11 is 0. The molecule has 4 nitrogen and oxygen atoms in total. The zero-order valence-corrected chi connectivity index (χ0v) is 15.5. The largest absolute Gasteiger partial charge is 0.508 e. The van der Waals surface area contributed by atoms with Crippen LogP contribution in [0.2, 0.25) is 18.1 Å². The SMILES string of the molecule is CCOC(=O)C(Cc1ccc(O)cc1)O[Si](C)(C)C(C)(C)C. The third kappa shape index (κ3) is 5.14. The first kappa shape index (κ1) is 18.7. The Hall–Kier alpha value is -1.33. The fraction of sp³-hybridized carbons (Fsp3) is 0.588. The molecule has 1 aromatic carbocycles. The number of esters is 1. The van der Waals surface area contributed by atoms with Crippen LogP contribution in [0.5, 0.6) is 5.75 Å². The van der Waals surface area contributed by atoms with E-state index in [1.807, 2.05) is 0 Å². The smallest absolute Gasteiger partial charge is 0.334 e. The maximum atomic E-state index is 12.2. The molecule has 22 heavy (non-hydrogen) atoms. The molecule has 1 aromatic rings. The number of carbonyl (C=O) groups excluding carboxylic acids is 1. The topological polar surface area (TPSA) is 55.8 Å². The summed E-state index contributed by atoms with van der Waals surface area (Å²) in [6, 6.07) is 6.83. The summed E-state index contributed by atoms with van der Waals surface area (Å²) in [4.78, 5) is 12.2. The van der Waals surface area contributed by atoms with E-state index in [2.05, 4.69) is 33.9 Å². The van der Waals surface area contributed by atoms with Gasteiger partial charge in [-0.15, -0.1) is 0 Å². The van der Waals surface area contributed by atoms with Crippen LogP contribution >= 0.6 is 0 Å². The van der Waals surface area contributed by atoms with Crippen LogP contribution in [0.25, 0.3) is 0 Å². The standard InChI is InChI=1S/C17H28O4Si/c1-7-20-16(19)15(21-22(5,6)17(2,3)4)12-13-8-10-14(18)11-9-13/h8-11,15,18H,7,12H2,1-6H3. The van der Waals surface area contributed by atoms with E-state index in [0.717, 1.165) is 5.56 Å². The molecule has 1 N–H and O–H groups in total. The maximum absolute atomic E-state index is 12.2. The van der Waals surface area contributed by atoms with Crippen molar-refractivity contribution in [3.05, 3.63) is 29.8 Å². The van der Waals surface area contributed by atoms with Gasteiger partial charge in [0.15, 0.2) is 8.32 Å². The Bertz CT molecular complexity index is 488. The molecule has 5 heteroatoms. The van der Waals surface area contributed by atoms with E-state index in [1.54, 1.807) is 31.2 Å². The summed E-state index contributed by atoms with van der Waals surface area (Å²) in [5, 5.41) is 9.38. The van der Waals surface area contributed by atoms with E-state index in [9.17, 15) is 9.90 Å². The second kappa shape index (κ2) is 7.29. The van der Waals surface area contributed by atoms with Gasteiger partial charge in [0.05, 0.1) is 6.61 Å². The lowest BCUT2D eigenvalue weighted by Gasteiger charge is -2.38. The van der Waals surface area contributed by atoms with Gasteiger partial charge in [-0.05, 0) is 42.8 Å².